The van der Waals surface area contributed by atoms with E-state index in [1.165, 1.54) is 14.2 Å². The lowest BCUT2D eigenvalue weighted by atomic mass is 10.0. The summed E-state index contributed by atoms with van der Waals surface area (Å²) in [6.07, 6.45) is 3.27. The first-order valence-electron chi connectivity index (χ1n) is 15.1. The zero-order valence-corrected chi connectivity index (χ0v) is 33.4. The van der Waals surface area contributed by atoms with E-state index >= 15 is 0 Å². The summed E-state index contributed by atoms with van der Waals surface area (Å²) in [6, 6.07) is 0.499. The van der Waals surface area contributed by atoms with Gasteiger partial charge in [0.1, 0.15) is 20.9 Å². The number of rotatable bonds is 7. The van der Waals surface area contributed by atoms with Crippen molar-refractivity contribution >= 4 is 71.9 Å². The highest BCUT2D eigenvalue weighted by atomic mass is 79.9. The first-order chi connectivity index (χ1) is 20.8. The van der Waals surface area contributed by atoms with Gasteiger partial charge in [-0.25, -0.2) is 9.59 Å². The maximum Gasteiger partial charge on any atom is 0.410 e. The van der Waals surface area contributed by atoms with Gasteiger partial charge in [0.25, 0.3) is 0 Å². The number of ether oxygens (including phenoxy) is 4. The second-order valence-electron chi connectivity index (χ2n) is 12.8. The van der Waals surface area contributed by atoms with Gasteiger partial charge < -0.3 is 39.0 Å². The Morgan fingerprint density at radius 3 is 1.47 bits per heavy atom. The van der Waals surface area contributed by atoms with Crippen molar-refractivity contribution in [1.29, 1.82) is 0 Å². The van der Waals surface area contributed by atoms with Crippen LogP contribution in [0.3, 0.4) is 0 Å². The predicted octanol–water partition coefficient (Wildman–Crippen LogP) is 5.18. The third-order valence-electron chi connectivity index (χ3n) is 6.79. The Kier molecular flexibility index (Phi) is 21.1. The molecule has 2 saturated heterocycles. The lowest BCUT2D eigenvalue weighted by Crippen LogP contribution is -2.48. The molecular formula is C30H55Br3N4O8. The molecule has 264 valence electrons. The van der Waals surface area contributed by atoms with E-state index in [0.717, 1.165) is 51.9 Å². The molecule has 0 spiro atoms. The fourth-order valence-electron chi connectivity index (χ4n) is 4.27. The number of amides is 2. The summed E-state index contributed by atoms with van der Waals surface area (Å²) >= 11 is 9.53. The number of nitrogens with one attached hydrogen (secondary N) is 1. The van der Waals surface area contributed by atoms with Crippen molar-refractivity contribution in [3.05, 3.63) is 0 Å². The number of likely N-dealkylation sites (tertiary alicyclic amines) is 1. The maximum absolute atomic E-state index is 12.1. The molecule has 2 aliphatic rings. The minimum absolute atomic E-state index is 0.179. The number of esters is 2. The molecule has 0 radical (unpaired) electrons. The first kappa shape index (κ1) is 43.8. The van der Waals surface area contributed by atoms with Gasteiger partial charge in [0.05, 0.1) is 14.2 Å². The molecule has 2 amide bonds. The molecular weight excluding hydrogens is 784 g/mol. The molecule has 2 fully saturated rings. The Labute approximate surface area is 295 Å². The van der Waals surface area contributed by atoms with Gasteiger partial charge in [-0.3, -0.25) is 9.59 Å². The summed E-state index contributed by atoms with van der Waals surface area (Å²) in [5.41, 5.74) is -0.881. The van der Waals surface area contributed by atoms with E-state index in [-0.39, 0.29) is 39.8 Å². The topological polar surface area (TPSA) is 127 Å². The van der Waals surface area contributed by atoms with Gasteiger partial charge in [0.15, 0.2) is 0 Å². The van der Waals surface area contributed by atoms with Crippen LogP contribution in [-0.2, 0) is 28.5 Å². The summed E-state index contributed by atoms with van der Waals surface area (Å²) in [7, 11) is 6.36. The van der Waals surface area contributed by atoms with Crippen LogP contribution < -0.4 is 5.32 Å². The molecule has 2 atom stereocenters. The summed E-state index contributed by atoms with van der Waals surface area (Å²) in [5.74, 6) is -0.505. The van der Waals surface area contributed by atoms with E-state index in [1.807, 2.05) is 48.6 Å². The molecule has 0 aromatic carbocycles. The van der Waals surface area contributed by atoms with Crippen molar-refractivity contribution in [1.82, 2.24) is 20.0 Å². The van der Waals surface area contributed by atoms with E-state index in [0.29, 0.717) is 17.9 Å². The maximum atomic E-state index is 12.1. The van der Waals surface area contributed by atoms with Crippen LogP contribution >= 0.6 is 47.8 Å². The van der Waals surface area contributed by atoms with Crippen LogP contribution in [0.4, 0.5) is 9.59 Å². The lowest BCUT2D eigenvalue weighted by Gasteiger charge is -2.37. The molecule has 2 unspecified atom stereocenters. The van der Waals surface area contributed by atoms with Crippen LogP contribution in [0, 0.1) is 0 Å². The Morgan fingerprint density at radius 2 is 1.13 bits per heavy atom. The molecule has 2 rings (SSSR count). The van der Waals surface area contributed by atoms with Crippen LogP contribution in [0.15, 0.2) is 0 Å². The van der Waals surface area contributed by atoms with Crippen LogP contribution in [0.25, 0.3) is 0 Å². The lowest BCUT2D eigenvalue weighted by molar-refractivity contribution is -0.140. The molecule has 45 heavy (non-hydrogen) atoms. The standard InChI is InChI=1S/C15H27BrN2O4.C11H22N2O2.C4H6Br2O2/c1-15(2,3)22-14(20)17(4)11-6-8-18(9-7-11)10-12(16)13(19)21-5;1-11(2,3)15-10(14)13(4)9-5-7-12-8-6-9;1-8-4(7)3(6)2-5/h11-12H,6-10H2,1-5H3;9,12H,5-8H2,1-4H3;3H,2H2,1H3. The van der Waals surface area contributed by atoms with Crippen LogP contribution in [0.5, 0.6) is 0 Å². The van der Waals surface area contributed by atoms with Gasteiger partial charge in [0, 0.05) is 51.1 Å². The van der Waals surface area contributed by atoms with Gasteiger partial charge in [0.2, 0.25) is 0 Å². The Hall–Kier alpha value is -1.16. The van der Waals surface area contributed by atoms with Crippen molar-refractivity contribution in [2.45, 2.75) is 100 Å². The van der Waals surface area contributed by atoms with Crippen molar-refractivity contribution in [3.8, 4) is 0 Å². The number of alkyl halides is 3. The SMILES string of the molecule is CN(C(=O)OC(C)(C)C)C1CCNCC1.COC(=O)C(Br)CBr.COC(=O)C(Br)CN1CCC(N(C)C(=O)OC(C)(C)C)CC1. The molecule has 0 saturated carbocycles. The molecule has 0 aromatic heterocycles. The normalized spacial score (nSPS) is 17.6. The molecule has 2 heterocycles. The number of hydrogen-bond acceptors (Lipinski definition) is 10. The van der Waals surface area contributed by atoms with Crippen molar-refractivity contribution in [2.24, 2.45) is 0 Å². The summed E-state index contributed by atoms with van der Waals surface area (Å²) in [6.45, 7) is 15.5. The minimum atomic E-state index is -0.476. The van der Waals surface area contributed by atoms with Crippen molar-refractivity contribution in [2.75, 3.05) is 66.4 Å². The highest BCUT2D eigenvalue weighted by Crippen LogP contribution is 2.20. The molecule has 2 aliphatic heterocycles. The van der Waals surface area contributed by atoms with Crippen LogP contribution in [0.1, 0.15) is 67.2 Å². The molecule has 0 aromatic rings. The smallest absolute Gasteiger partial charge is 0.410 e. The summed E-state index contributed by atoms with van der Waals surface area (Å²) in [4.78, 5) is 50.8. The second kappa shape index (κ2) is 21.7. The van der Waals surface area contributed by atoms with E-state index in [1.54, 1.807) is 16.8 Å². The molecule has 15 heteroatoms. The number of carbonyl (C=O) groups excluding carboxylic acids is 4. The van der Waals surface area contributed by atoms with Gasteiger partial charge in [-0.05, 0) is 80.3 Å². The zero-order valence-electron chi connectivity index (χ0n) is 28.6. The quantitative estimate of drug-likeness (QED) is 0.209. The van der Waals surface area contributed by atoms with Gasteiger partial charge in [-0.2, -0.15) is 0 Å². The molecule has 1 N–H and O–H groups in total. The van der Waals surface area contributed by atoms with Crippen molar-refractivity contribution in [3.63, 3.8) is 0 Å². The van der Waals surface area contributed by atoms with E-state index < -0.39 is 11.2 Å². The average molecular weight is 840 g/mol. The Bertz CT molecular complexity index is 903. The Balaban J connectivity index is 0.000000724. The van der Waals surface area contributed by atoms with E-state index in [4.69, 9.17) is 14.2 Å². The van der Waals surface area contributed by atoms with Crippen molar-refractivity contribution < 1.29 is 38.1 Å². The minimum Gasteiger partial charge on any atom is -0.468 e. The van der Waals surface area contributed by atoms with Gasteiger partial charge in [-0.1, -0.05) is 47.8 Å². The van der Waals surface area contributed by atoms with E-state index in [2.05, 4.69) is 62.7 Å². The van der Waals surface area contributed by atoms with Gasteiger partial charge >= 0.3 is 24.1 Å². The summed E-state index contributed by atoms with van der Waals surface area (Å²) in [5, 5.41) is 3.86. The first-order valence-corrected chi connectivity index (χ1v) is 18.1. The van der Waals surface area contributed by atoms with Crippen LogP contribution in [0.2, 0.25) is 0 Å². The highest BCUT2D eigenvalue weighted by molar-refractivity contribution is 9.12. The number of halogens is 3. The van der Waals surface area contributed by atoms with Crippen LogP contribution in [-0.4, -0.2) is 138 Å². The van der Waals surface area contributed by atoms with E-state index in [9.17, 15) is 19.2 Å². The zero-order chi connectivity index (χ0) is 35.0. The molecule has 0 bridgehead atoms. The van der Waals surface area contributed by atoms with Gasteiger partial charge in [-0.15, -0.1) is 0 Å². The predicted molar refractivity (Wildman–Crippen MR) is 187 cm³/mol. The number of hydrogen-bond donors (Lipinski definition) is 1. The number of nitrogens with zero attached hydrogens (tertiary/aromatic N) is 3. The third kappa shape index (κ3) is 19.3. The fourth-order valence-corrected chi connectivity index (χ4v) is 5.32. The summed E-state index contributed by atoms with van der Waals surface area (Å²) < 4.78 is 19.8. The monoisotopic (exact) mass is 836 g/mol. The number of piperidine rings is 2. The average Bonchev–Trinajstić information content (AvgIpc) is 2.98. The highest BCUT2D eigenvalue weighted by Gasteiger charge is 2.30. The fraction of sp³-hybridized carbons (Fsp3) is 0.867. The Morgan fingerprint density at radius 1 is 0.756 bits per heavy atom. The number of methoxy groups -OCH3 is 2. The number of carbonyl (C=O) groups is 4. The second-order valence-corrected chi connectivity index (χ2v) is 15.7. The molecule has 0 aliphatic carbocycles. The third-order valence-corrected chi connectivity index (χ3v) is 9.67. The molecule has 12 nitrogen and oxygen atoms in total. The largest absolute Gasteiger partial charge is 0.468 e.